The summed E-state index contributed by atoms with van der Waals surface area (Å²) >= 11 is 0. The highest BCUT2D eigenvalue weighted by Gasteiger charge is 2.63. The Kier molecular flexibility index (Phi) is 2.53. The van der Waals surface area contributed by atoms with Crippen LogP contribution in [0.2, 0.25) is 0 Å². The molecule has 2 bridgehead atoms. The average Bonchev–Trinajstić information content (AvgIpc) is 2.89. The van der Waals surface area contributed by atoms with E-state index < -0.39 is 0 Å². The lowest BCUT2D eigenvalue weighted by Gasteiger charge is -2.13. The first-order valence-corrected chi connectivity index (χ1v) is 7.79. The summed E-state index contributed by atoms with van der Waals surface area (Å²) in [7, 11) is 0. The summed E-state index contributed by atoms with van der Waals surface area (Å²) in [6.45, 7) is 1.98. The van der Waals surface area contributed by atoms with E-state index in [9.17, 15) is 4.79 Å². The number of carbonyl (C=O) groups is 1. The first-order valence-electron chi connectivity index (χ1n) is 7.79. The Bertz CT molecular complexity index is 367. The van der Waals surface area contributed by atoms with E-state index in [1.165, 1.54) is 32.1 Å². The fourth-order valence-electron chi connectivity index (χ4n) is 5.07. The van der Waals surface area contributed by atoms with Crippen LogP contribution in [-0.4, -0.2) is 23.9 Å². The molecule has 1 saturated heterocycles. The summed E-state index contributed by atoms with van der Waals surface area (Å²) in [4.78, 5) is 13.9. The van der Waals surface area contributed by atoms with Crippen molar-refractivity contribution in [1.29, 1.82) is 0 Å². The molecule has 3 aliphatic carbocycles. The standard InChI is InChI=1S/C16H23NO/c18-14(17-8-1-2-9-17)5-3-4-13-15-11-6-7-12(10-11)16(13)15/h3-4,11-13,15-16H,1-2,5-10H2/b4-3-/t11-,12+,13?,15-,16+. The molecule has 4 fully saturated rings. The van der Waals surface area contributed by atoms with Gasteiger partial charge in [-0.15, -0.1) is 0 Å². The summed E-state index contributed by atoms with van der Waals surface area (Å²) in [6.07, 6.45) is 12.1. The highest BCUT2D eigenvalue weighted by molar-refractivity contribution is 5.77. The van der Waals surface area contributed by atoms with E-state index in [1.54, 1.807) is 0 Å². The van der Waals surface area contributed by atoms with Crippen molar-refractivity contribution in [2.75, 3.05) is 13.1 Å². The SMILES string of the molecule is O=C(C/C=C\C1[C@@H]2[C@H]3CC[C@H](C3)[C@H]12)N1CCCC1. The Balaban J connectivity index is 1.29. The number of allylic oxidation sites excluding steroid dienone is 1. The number of hydrogen-bond acceptors (Lipinski definition) is 1. The van der Waals surface area contributed by atoms with E-state index in [-0.39, 0.29) is 0 Å². The van der Waals surface area contributed by atoms with Crippen molar-refractivity contribution in [3.63, 3.8) is 0 Å². The molecule has 1 unspecified atom stereocenters. The maximum Gasteiger partial charge on any atom is 0.226 e. The van der Waals surface area contributed by atoms with Gasteiger partial charge >= 0.3 is 0 Å². The normalized spacial score (nSPS) is 44.9. The largest absolute Gasteiger partial charge is 0.342 e. The molecule has 5 atom stereocenters. The van der Waals surface area contributed by atoms with Crippen LogP contribution in [0.1, 0.15) is 38.5 Å². The number of nitrogens with zero attached hydrogens (tertiary/aromatic N) is 1. The van der Waals surface area contributed by atoms with Crippen LogP contribution in [0.15, 0.2) is 12.2 Å². The van der Waals surface area contributed by atoms with Crippen LogP contribution >= 0.6 is 0 Å². The lowest BCUT2D eigenvalue weighted by atomic mass is 10.0. The minimum absolute atomic E-state index is 0.345. The second-order valence-electron chi connectivity index (χ2n) is 6.79. The van der Waals surface area contributed by atoms with Crippen molar-refractivity contribution in [1.82, 2.24) is 4.90 Å². The number of carbonyl (C=O) groups excluding carboxylic acids is 1. The van der Waals surface area contributed by atoms with E-state index in [0.29, 0.717) is 12.3 Å². The van der Waals surface area contributed by atoms with Crippen molar-refractivity contribution in [3.8, 4) is 0 Å². The van der Waals surface area contributed by atoms with E-state index in [0.717, 1.165) is 42.7 Å². The zero-order valence-electron chi connectivity index (χ0n) is 11.1. The van der Waals surface area contributed by atoms with Gasteiger partial charge in [-0.3, -0.25) is 4.79 Å². The quantitative estimate of drug-likeness (QED) is 0.700. The molecule has 0 spiro atoms. The van der Waals surface area contributed by atoms with Crippen LogP contribution in [-0.2, 0) is 4.79 Å². The van der Waals surface area contributed by atoms with E-state index in [1.807, 2.05) is 4.90 Å². The molecule has 0 aromatic rings. The van der Waals surface area contributed by atoms with Gasteiger partial charge in [0.05, 0.1) is 0 Å². The second kappa shape index (κ2) is 4.11. The molecule has 4 aliphatic rings. The third-order valence-electron chi connectivity index (χ3n) is 5.90. The van der Waals surface area contributed by atoms with Crippen LogP contribution in [0, 0.1) is 29.6 Å². The summed E-state index contributed by atoms with van der Waals surface area (Å²) in [5.41, 5.74) is 0. The van der Waals surface area contributed by atoms with Gasteiger partial charge < -0.3 is 4.90 Å². The van der Waals surface area contributed by atoms with Gasteiger partial charge in [-0.2, -0.15) is 0 Å². The Hall–Kier alpha value is -0.790. The first kappa shape index (κ1) is 11.1. The van der Waals surface area contributed by atoms with Gasteiger partial charge in [-0.1, -0.05) is 12.2 Å². The highest BCUT2D eigenvalue weighted by Crippen LogP contribution is 2.69. The maximum atomic E-state index is 11.9. The molecule has 2 nitrogen and oxygen atoms in total. The van der Waals surface area contributed by atoms with Crippen molar-refractivity contribution in [3.05, 3.63) is 12.2 Å². The molecule has 1 amide bonds. The topological polar surface area (TPSA) is 20.3 Å². The Morgan fingerprint density at radius 3 is 2.44 bits per heavy atom. The third kappa shape index (κ3) is 1.64. The van der Waals surface area contributed by atoms with Crippen LogP contribution in [0.5, 0.6) is 0 Å². The van der Waals surface area contributed by atoms with Crippen LogP contribution in [0.4, 0.5) is 0 Å². The summed E-state index contributed by atoms with van der Waals surface area (Å²) < 4.78 is 0. The van der Waals surface area contributed by atoms with Crippen molar-refractivity contribution in [2.24, 2.45) is 29.6 Å². The predicted octanol–water partition coefficient (Wildman–Crippen LogP) is 2.85. The molecule has 2 heteroatoms. The lowest BCUT2D eigenvalue weighted by Crippen LogP contribution is -2.26. The van der Waals surface area contributed by atoms with Crippen molar-refractivity contribution in [2.45, 2.75) is 38.5 Å². The molecular weight excluding hydrogens is 222 g/mol. The molecule has 1 aliphatic heterocycles. The van der Waals surface area contributed by atoms with Crippen molar-refractivity contribution >= 4 is 5.91 Å². The van der Waals surface area contributed by atoms with Gasteiger partial charge in [0.15, 0.2) is 0 Å². The summed E-state index contributed by atoms with van der Waals surface area (Å²) in [6, 6.07) is 0. The lowest BCUT2D eigenvalue weighted by molar-refractivity contribution is -0.129. The van der Waals surface area contributed by atoms with Gasteiger partial charge in [0.2, 0.25) is 5.91 Å². The van der Waals surface area contributed by atoms with Gasteiger partial charge in [-0.05, 0) is 61.7 Å². The van der Waals surface area contributed by atoms with Crippen LogP contribution < -0.4 is 0 Å². The molecule has 4 rings (SSSR count). The Morgan fingerprint density at radius 2 is 1.78 bits per heavy atom. The smallest absolute Gasteiger partial charge is 0.226 e. The van der Waals surface area contributed by atoms with E-state index >= 15 is 0 Å². The first-order chi connectivity index (χ1) is 8.84. The maximum absolute atomic E-state index is 11.9. The summed E-state index contributed by atoms with van der Waals surface area (Å²) in [5.74, 6) is 5.32. The molecule has 18 heavy (non-hydrogen) atoms. The summed E-state index contributed by atoms with van der Waals surface area (Å²) in [5, 5.41) is 0. The van der Waals surface area contributed by atoms with E-state index in [4.69, 9.17) is 0 Å². The average molecular weight is 245 g/mol. The monoisotopic (exact) mass is 245 g/mol. The fourth-order valence-corrected chi connectivity index (χ4v) is 5.07. The highest BCUT2D eigenvalue weighted by atomic mass is 16.2. The zero-order valence-corrected chi connectivity index (χ0v) is 11.1. The van der Waals surface area contributed by atoms with Gasteiger partial charge in [0.25, 0.3) is 0 Å². The number of likely N-dealkylation sites (tertiary alicyclic amines) is 1. The number of rotatable bonds is 3. The number of amides is 1. The zero-order chi connectivity index (χ0) is 12.1. The van der Waals surface area contributed by atoms with Gasteiger partial charge in [0, 0.05) is 19.5 Å². The molecule has 0 radical (unpaired) electrons. The molecule has 0 aromatic carbocycles. The predicted molar refractivity (Wildman–Crippen MR) is 70.9 cm³/mol. The van der Waals surface area contributed by atoms with E-state index in [2.05, 4.69) is 12.2 Å². The fraction of sp³-hybridized carbons (Fsp3) is 0.812. The second-order valence-corrected chi connectivity index (χ2v) is 6.79. The van der Waals surface area contributed by atoms with Gasteiger partial charge in [0.1, 0.15) is 0 Å². The van der Waals surface area contributed by atoms with Crippen molar-refractivity contribution < 1.29 is 4.79 Å². The minimum Gasteiger partial charge on any atom is -0.342 e. The molecule has 98 valence electrons. The van der Waals surface area contributed by atoms with Crippen LogP contribution in [0.25, 0.3) is 0 Å². The van der Waals surface area contributed by atoms with Gasteiger partial charge in [-0.25, -0.2) is 0 Å². The number of hydrogen-bond donors (Lipinski definition) is 0. The molecule has 0 aromatic heterocycles. The molecule has 0 N–H and O–H groups in total. The molecule has 1 heterocycles. The Morgan fingerprint density at radius 1 is 1.11 bits per heavy atom. The molecule has 3 saturated carbocycles. The minimum atomic E-state index is 0.345. The van der Waals surface area contributed by atoms with Crippen LogP contribution in [0.3, 0.4) is 0 Å². The Labute approximate surface area is 109 Å². The number of fused-ring (bicyclic) bond motifs is 5. The molecular formula is C16H23NO. The third-order valence-corrected chi connectivity index (χ3v) is 5.90.